The van der Waals surface area contributed by atoms with E-state index in [2.05, 4.69) is 26.1 Å². The first-order chi connectivity index (χ1) is 10.2. The summed E-state index contributed by atoms with van der Waals surface area (Å²) in [6.07, 6.45) is 3.44. The van der Waals surface area contributed by atoms with E-state index in [-0.39, 0.29) is 23.7 Å². The molecule has 0 saturated carbocycles. The van der Waals surface area contributed by atoms with Crippen molar-refractivity contribution in [2.24, 2.45) is 11.3 Å². The fourth-order valence-electron chi connectivity index (χ4n) is 2.24. The lowest BCUT2D eigenvalue weighted by atomic mass is 9.87. The standard InChI is InChI=1S/C17H27N3O2/c1-13(17(2,3)4)11-16(22)20-9-6-14(7-10-20)12-19-15(21)5-8-18/h11,14H,5-7,9-10,12H2,1-4H3,(H,19,21)/b13-11+. The van der Waals surface area contributed by atoms with Gasteiger partial charge in [-0.3, -0.25) is 9.59 Å². The summed E-state index contributed by atoms with van der Waals surface area (Å²) < 4.78 is 0. The second-order valence-corrected chi connectivity index (χ2v) is 6.98. The molecule has 0 aromatic heterocycles. The highest BCUT2D eigenvalue weighted by Gasteiger charge is 2.23. The van der Waals surface area contributed by atoms with Gasteiger partial charge in [-0.15, -0.1) is 0 Å². The van der Waals surface area contributed by atoms with Crippen LogP contribution in [0.1, 0.15) is 47.0 Å². The number of nitriles is 1. The zero-order chi connectivity index (χ0) is 16.8. The molecule has 122 valence electrons. The van der Waals surface area contributed by atoms with Crippen molar-refractivity contribution < 1.29 is 9.59 Å². The van der Waals surface area contributed by atoms with Crippen molar-refractivity contribution in [2.45, 2.75) is 47.0 Å². The fourth-order valence-corrected chi connectivity index (χ4v) is 2.24. The Bertz CT molecular complexity index is 475. The van der Waals surface area contributed by atoms with Crippen LogP contribution in [-0.4, -0.2) is 36.3 Å². The molecular formula is C17H27N3O2. The largest absolute Gasteiger partial charge is 0.355 e. The van der Waals surface area contributed by atoms with Gasteiger partial charge >= 0.3 is 0 Å². The van der Waals surface area contributed by atoms with Gasteiger partial charge in [0.2, 0.25) is 11.8 Å². The topological polar surface area (TPSA) is 73.2 Å². The van der Waals surface area contributed by atoms with Crippen molar-refractivity contribution in [3.63, 3.8) is 0 Å². The van der Waals surface area contributed by atoms with Gasteiger partial charge in [-0.1, -0.05) is 26.3 Å². The first-order valence-corrected chi connectivity index (χ1v) is 7.85. The van der Waals surface area contributed by atoms with Crippen LogP contribution in [0.4, 0.5) is 0 Å². The van der Waals surface area contributed by atoms with Crippen LogP contribution in [-0.2, 0) is 9.59 Å². The summed E-state index contributed by atoms with van der Waals surface area (Å²) in [6.45, 7) is 10.3. The first kappa shape index (κ1) is 18.2. The molecule has 1 aliphatic rings. The molecule has 1 aliphatic heterocycles. The average Bonchev–Trinajstić information content (AvgIpc) is 2.45. The summed E-state index contributed by atoms with van der Waals surface area (Å²) in [5.41, 5.74) is 1.10. The molecule has 0 spiro atoms. The predicted octanol–water partition coefficient (Wildman–Crippen LogP) is 2.25. The molecule has 1 N–H and O–H groups in total. The van der Waals surface area contributed by atoms with E-state index in [1.165, 1.54) is 0 Å². The summed E-state index contributed by atoms with van der Waals surface area (Å²) in [5, 5.41) is 11.2. The predicted molar refractivity (Wildman–Crippen MR) is 85.8 cm³/mol. The van der Waals surface area contributed by atoms with Crippen LogP contribution in [0.25, 0.3) is 0 Å². The maximum Gasteiger partial charge on any atom is 0.246 e. The number of carbonyl (C=O) groups excluding carboxylic acids is 2. The molecule has 1 saturated heterocycles. The van der Waals surface area contributed by atoms with Crippen molar-refractivity contribution in [3.05, 3.63) is 11.6 Å². The van der Waals surface area contributed by atoms with E-state index in [4.69, 9.17) is 5.26 Å². The number of hydrogen-bond acceptors (Lipinski definition) is 3. The molecule has 5 nitrogen and oxygen atoms in total. The molecular weight excluding hydrogens is 278 g/mol. The lowest BCUT2D eigenvalue weighted by Gasteiger charge is -2.32. The maximum absolute atomic E-state index is 12.3. The molecule has 22 heavy (non-hydrogen) atoms. The highest BCUT2D eigenvalue weighted by atomic mass is 16.2. The Hall–Kier alpha value is -1.83. The zero-order valence-corrected chi connectivity index (χ0v) is 14.1. The Morgan fingerprint density at radius 3 is 2.41 bits per heavy atom. The minimum Gasteiger partial charge on any atom is -0.355 e. The molecule has 0 aliphatic carbocycles. The number of amides is 2. The van der Waals surface area contributed by atoms with E-state index in [0.717, 1.165) is 31.5 Å². The van der Waals surface area contributed by atoms with Crippen molar-refractivity contribution in [1.82, 2.24) is 10.2 Å². The second-order valence-electron chi connectivity index (χ2n) is 6.98. The number of carbonyl (C=O) groups is 2. The van der Waals surface area contributed by atoms with E-state index >= 15 is 0 Å². The highest BCUT2D eigenvalue weighted by Crippen LogP contribution is 2.25. The summed E-state index contributed by atoms with van der Waals surface area (Å²) in [4.78, 5) is 25.4. The van der Waals surface area contributed by atoms with Crippen LogP contribution >= 0.6 is 0 Å². The minimum absolute atomic E-state index is 0.0129. The number of rotatable bonds is 4. The number of nitrogens with zero attached hydrogens (tertiary/aromatic N) is 2. The summed E-state index contributed by atoms with van der Waals surface area (Å²) in [5.74, 6) is 0.253. The lowest BCUT2D eigenvalue weighted by Crippen LogP contribution is -2.41. The number of hydrogen-bond donors (Lipinski definition) is 1. The summed E-state index contributed by atoms with van der Waals surface area (Å²) >= 11 is 0. The van der Waals surface area contributed by atoms with Crippen LogP contribution in [0.15, 0.2) is 11.6 Å². The zero-order valence-electron chi connectivity index (χ0n) is 14.1. The van der Waals surface area contributed by atoms with Crippen molar-refractivity contribution in [1.29, 1.82) is 5.26 Å². The minimum atomic E-state index is -0.218. The monoisotopic (exact) mass is 305 g/mol. The van der Waals surface area contributed by atoms with Crippen LogP contribution in [0.2, 0.25) is 0 Å². The van der Waals surface area contributed by atoms with Gasteiger partial charge in [0.25, 0.3) is 0 Å². The Morgan fingerprint density at radius 2 is 1.91 bits per heavy atom. The van der Waals surface area contributed by atoms with Crippen LogP contribution < -0.4 is 5.32 Å². The smallest absolute Gasteiger partial charge is 0.246 e. The number of likely N-dealkylation sites (tertiary alicyclic amines) is 1. The third kappa shape index (κ3) is 5.88. The average molecular weight is 305 g/mol. The molecule has 1 fully saturated rings. The summed E-state index contributed by atoms with van der Waals surface area (Å²) in [6, 6.07) is 1.84. The van der Waals surface area contributed by atoms with Crippen LogP contribution in [0.3, 0.4) is 0 Å². The van der Waals surface area contributed by atoms with Crippen molar-refractivity contribution >= 4 is 11.8 Å². The van der Waals surface area contributed by atoms with Crippen LogP contribution in [0, 0.1) is 22.7 Å². The summed E-state index contributed by atoms with van der Waals surface area (Å²) in [7, 11) is 0. The van der Waals surface area contributed by atoms with E-state index in [1.54, 1.807) is 6.08 Å². The molecule has 2 amide bonds. The van der Waals surface area contributed by atoms with Gasteiger partial charge in [0, 0.05) is 25.7 Å². The van der Waals surface area contributed by atoms with E-state index in [9.17, 15) is 9.59 Å². The highest BCUT2D eigenvalue weighted by molar-refractivity contribution is 5.88. The molecule has 0 aromatic rings. The van der Waals surface area contributed by atoms with Gasteiger partial charge in [0.15, 0.2) is 0 Å². The van der Waals surface area contributed by atoms with Crippen molar-refractivity contribution in [3.8, 4) is 6.07 Å². The quantitative estimate of drug-likeness (QED) is 0.810. The molecule has 0 bridgehead atoms. The molecule has 1 rings (SSSR count). The third-order valence-corrected chi connectivity index (χ3v) is 4.28. The molecule has 0 unspecified atom stereocenters. The SMILES string of the molecule is C/C(=C\C(=O)N1CCC(CNC(=O)CC#N)CC1)C(C)(C)C. The van der Waals surface area contributed by atoms with E-state index in [0.29, 0.717) is 12.5 Å². The normalized spacial score (nSPS) is 17.0. The van der Waals surface area contributed by atoms with E-state index < -0.39 is 0 Å². The van der Waals surface area contributed by atoms with Crippen molar-refractivity contribution in [2.75, 3.05) is 19.6 Å². The van der Waals surface area contributed by atoms with Gasteiger partial charge in [-0.05, 0) is 31.1 Å². The van der Waals surface area contributed by atoms with Gasteiger partial charge in [-0.25, -0.2) is 0 Å². The van der Waals surface area contributed by atoms with Gasteiger partial charge in [0.05, 0.1) is 6.07 Å². The van der Waals surface area contributed by atoms with Gasteiger partial charge < -0.3 is 10.2 Å². The third-order valence-electron chi connectivity index (χ3n) is 4.28. The number of nitrogens with one attached hydrogen (secondary N) is 1. The maximum atomic E-state index is 12.3. The Labute approximate surface area is 133 Å². The molecule has 5 heteroatoms. The molecule has 0 aromatic carbocycles. The Kier molecular flexibility index (Phi) is 6.61. The fraction of sp³-hybridized carbons (Fsp3) is 0.706. The van der Waals surface area contributed by atoms with Gasteiger partial charge in [0.1, 0.15) is 6.42 Å². The van der Waals surface area contributed by atoms with E-state index in [1.807, 2.05) is 17.9 Å². The lowest BCUT2D eigenvalue weighted by molar-refractivity contribution is -0.127. The van der Waals surface area contributed by atoms with Gasteiger partial charge in [-0.2, -0.15) is 5.26 Å². The second kappa shape index (κ2) is 7.98. The molecule has 0 radical (unpaired) electrons. The molecule has 0 atom stereocenters. The Balaban J connectivity index is 2.41. The first-order valence-electron chi connectivity index (χ1n) is 7.85. The van der Waals surface area contributed by atoms with Crippen LogP contribution in [0.5, 0.6) is 0 Å². The Morgan fingerprint density at radius 1 is 1.32 bits per heavy atom. The number of allylic oxidation sites excluding steroid dienone is 1. The number of piperidine rings is 1. The molecule has 1 heterocycles.